The maximum Gasteiger partial charge on any atom is 0.250 e. The number of pyridine rings is 1. The lowest BCUT2D eigenvalue weighted by molar-refractivity contribution is 0.476. The minimum atomic E-state index is -3.54. The van der Waals surface area contributed by atoms with E-state index in [1.54, 1.807) is 0 Å². The predicted octanol–water partition coefficient (Wildman–Crippen LogP) is 2.83. The third kappa shape index (κ3) is 3.06. The fraction of sp³-hybridized carbons (Fsp3) is 0.250. The van der Waals surface area contributed by atoms with Gasteiger partial charge >= 0.3 is 0 Å². The second-order valence-electron chi connectivity index (χ2n) is 6.58. The average molecular weight is 368 g/mol. The van der Waals surface area contributed by atoms with E-state index in [9.17, 15) is 13.2 Å². The number of hydrogen-bond acceptors (Lipinski definition) is 3. The first-order valence-electron chi connectivity index (χ1n) is 8.73. The van der Waals surface area contributed by atoms with Gasteiger partial charge < -0.3 is 4.57 Å². The fourth-order valence-corrected chi connectivity index (χ4v) is 5.01. The van der Waals surface area contributed by atoms with Crippen molar-refractivity contribution in [1.29, 1.82) is 0 Å². The predicted molar refractivity (Wildman–Crippen MR) is 102 cm³/mol. The summed E-state index contributed by atoms with van der Waals surface area (Å²) in [7, 11) is -3.54. The van der Waals surface area contributed by atoms with E-state index in [1.165, 1.54) is 27.2 Å². The van der Waals surface area contributed by atoms with E-state index >= 15 is 0 Å². The van der Waals surface area contributed by atoms with Crippen molar-refractivity contribution in [2.24, 2.45) is 0 Å². The molecule has 1 fully saturated rings. The minimum Gasteiger partial charge on any atom is -0.310 e. The van der Waals surface area contributed by atoms with Crippen molar-refractivity contribution in [3.63, 3.8) is 0 Å². The molecule has 0 aliphatic carbocycles. The number of nitrogens with zero attached hydrogens (tertiary/aromatic N) is 2. The molecule has 1 aliphatic rings. The van der Waals surface area contributed by atoms with Crippen molar-refractivity contribution in [3.8, 4) is 0 Å². The van der Waals surface area contributed by atoms with Crippen LogP contribution in [0.15, 0.2) is 70.5 Å². The quantitative estimate of drug-likeness (QED) is 0.711. The highest BCUT2D eigenvalue weighted by Gasteiger charge is 2.27. The van der Waals surface area contributed by atoms with E-state index in [0.29, 0.717) is 19.6 Å². The van der Waals surface area contributed by atoms with Crippen LogP contribution in [0.4, 0.5) is 0 Å². The first kappa shape index (κ1) is 17.0. The maximum atomic E-state index is 12.8. The molecular weight excluding hydrogens is 348 g/mol. The van der Waals surface area contributed by atoms with Crippen LogP contribution >= 0.6 is 0 Å². The van der Waals surface area contributed by atoms with Gasteiger partial charge in [0.25, 0.3) is 5.56 Å². The van der Waals surface area contributed by atoms with Crippen LogP contribution in [0.1, 0.15) is 18.4 Å². The molecule has 0 radical (unpaired) electrons. The van der Waals surface area contributed by atoms with Gasteiger partial charge in [-0.15, -0.1) is 0 Å². The Morgan fingerprint density at radius 2 is 1.62 bits per heavy atom. The standard InChI is InChI=1S/C20H20N2O3S/c23-20-11-10-18(26(24,25)22-12-3-4-13-22)15-21(20)14-17-8-5-7-16-6-1-2-9-19(16)17/h1-2,5-11,15H,3-4,12-14H2. The highest BCUT2D eigenvalue weighted by molar-refractivity contribution is 7.89. The Hall–Kier alpha value is -2.44. The van der Waals surface area contributed by atoms with Crippen LogP contribution in [-0.4, -0.2) is 30.4 Å². The number of rotatable bonds is 4. The van der Waals surface area contributed by atoms with Crippen LogP contribution in [0.2, 0.25) is 0 Å². The lowest BCUT2D eigenvalue weighted by Crippen LogP contribution is -2.29. The number of sulfonamides is 1. The van der Waals surface area contributed by atoms with E-state index in [2.05, 4.69) is 0 Å². The van der Waals surface area contributed by atoms with Crippen molar-refractivity contribution < 1.29 is 8.42 Å². The topological polar surface area (TPSA) is 59.4 Å². The zero-order chi connectivity index (χ0) is 18.1. The van der Waals surface area contributed by atoms with Gasteiger partial charge in [0, 0.05) is 25.4 Å². The fourth-order valence-electron chi connectivity index (χ4n) is 3.48. The second-order valence-corrected chi connectivity index (χ2v) is 8.52. The van der Waals surface area contributed by atoms with Crippen molar-refractivity contribution in [2.45, 2.75) is 24.3 Å². The number of fused-ring (bicyclic) bond motifs is 1. The van der Waals surface area contributed by atoms with Crippen molar-refractivity contribution in [1.82, 2.24) is 8.87 Å². The van der Waals surface area contributed by atoms with Crippen molar-refractivity contribution in [2.75, 3.05) is 13.1 Å². The summed E-state index contributed by atoms with van der Waals surface area (Å²) < 4.78 is 28.5. The number of benzene rings is 2. The van der Waals surface area contributed by atoms with Gasteiger partial charge in [-0.05, 0) is 35.2 Å². The molecule has 1 aromatic heterocycles. The zero-order valence-corrected chi connectivity index (χ0v) is 15.2. The van der Waals surface area contributed by atoms with E-state index < -0.39 is 10.0 Å². The Bertz CT molecular complexity index is 1110. The van der Waals surface area contributed by atoms with E-state index in [-0.39, 0.29) is 10.5 Å². The molecule has 6 heteroatoms. The summed E-state index contributed by atoms with van der Waals surface area (Å²) in [5, 5.41) is 2.16. The summed E-state index contributed by atoms with van der Waals surface area (Å²) in [4.78, 5) is 12.5. The Labute approximate surface area is 152 Å². The molecule has 0 bridgehead atoms. The maximum absolute atomic E-state index is 12.8. The molecule has 0 spiro atoms. The molecule has 26 heavy (non-hydrogen) atoms. The SMILES string of the molecule is O=c1ccc(S(=O)(=O)N2CCCC2)cn1Cc1cccc2ccccc12. The first-order chi connectivity index (χ1) is 12.6. The highest BCUT2D eigenvalue weighted by Crippen LogP contribution is 2.21. The van der Waals surface area contributed by atoms with Gasteiger partial charge in [0.1, 0.15) is 0 Å². The van der Waals surface area contributed by atoms with E-state index in [4.69, 9.17) is 0 Å². The van der Waals surface area contributed by atoms with Crippen LogP contribution in [0.5, 0.6) is 0 Å². The highest BCUT2D eigenvalue weighted by atomic mass is 32.2. The van der Waals surface area contributed by atoms with Crippen molar-refractivity contribution >= 4 is 20.8 Å². The van der Waals surface area contributed by atoms with Gasteiger partial charge in [-0.3, -0.25) is 4.79 Å². The monoisotopic (exact) mass is 368 g/mol. The van der Waals surface area contributed by atoms with Gasteiger partial charge in [0.15, 0.2) is 0 Å². The van der Waals surface area contributed by atoms with E-state index in [1.807, 2.05) is 42.5 Å². The first-order valence-corrected chi connectivity index (χ1v) is 10.2. The average Bonchev–Trinajstić information content (AvgIpc) is 3.19. The zero-order valence-electron chi connectivity index (χ0n) is 14.3. The summed E-state index contributed by atoms with van der Waals surface area (Å²) in [6.45, 7) is 1.43. The molecule has 0 amide bonds. The summed E-state index contributed by atoms with van der Waals surface area (Å²) in [5.41, 5.74) is 0.777. The Morgan fingerprint density at radius 3 is 2.42 bits per heavy atom. The third-order valence-electron chi connectivity index (χ3n) is 4.88. The van der Waals surface area contributed by atoms with Crippen molar-refractivity contribution in [3.05, 3.63) is 76.7 Å². The van der Waals surface area contributed by atoms with Crippen LogP contribution in [0, 0.1) is 0 Å². The smallest absolute Gasteiger partial charge is 0.250 e. The molecule has 1 aliphatic heterocycles. The minimum absolute atomic E-state index is 0.180. The Balaban J connectivity index is 1.74. The lowest BCUT2D eigenvalue weighted by atomic mass is 10.0. The molecule has 0 saturated carbocycles. The molecule has 0 N–H and O–H groups in total. The summed E-state index contributed by atoms with van der Waals surface area (Å²) in [6.07, 6.45) is 3.24. The Morgan fingerprint density at radius 1 is 0.885 bits per heavy atom. The Kier molecular flexibility index (Phi) is 4.38. The second kappa shape index (κ2) is 6.70. The van der Waals surface area contributed by atoms with Gasteiger partial charge in [-0.25, -0.2) is 8.42 Å². The summed E-state index contributed by atoms with van der Waals surface area (Å²) in [5.74, 6) is 0. The third-order valence-corrected chi connectivity index (χ3v) is 6.76. The molecule has 134 valence electrons. The lowest BCUT2D eigenvalue weighted by Gasteiger charge is -2.16. The van der Waals surface area contributed by atoms with Gasteiger partial charge in [0.2, 0.25) is 10.0 Å². The molecule has 4 rings (SSSR count). The normalized spacial score (nSPS) is 15.5. The molecule has 2 aromatic carbocycles. The van der Waals surface area contributed by atoms with Crippen LogP contribution in [0.25, 0.3) is 10.8 Å². The van der Waals surface area contributed by atoms with Crippen LogP contribution < -0.4 is 5.56 Å². The molecule has 3 aromatic rings. The number of hydrogen-bond donors (Lipinski definition) is 0. The van der Waals surface area contributed by atoms with Crippen LogP contribution in [-0.2, 0) is 16.6 Å². The molecular formula is C20H20N2O3S. The molecule has 2 heterocycles. The van der Waals surface area contributed by atoms with E-state index in [0.717, 1.165) is 29.2 Å². The van der Waals surface area contributed by atoms with Gasteiger partial charge in [-0.1, -0.05) is 42.5 Å². The largest absolute Gasteiger partial charge is 0.310 e. The molecule has 5 nitrogen and oxygen atoms in total. The summed E-state index contributed by atoms with van der Waals surface area (Å²) >= 11 is 0. The van der Waals surface area contributed by atoms with Gasteiger partial charge in [-0.2, -0.15) is 4.31 Å². The molecule has 1 saturated heterocycles. The molecule has 0 atom stereocenters. The summed E-state index contributed by atoms with van der Waals surface area (Å²) in [6, 6.07) is 16.7. The van der Waals surface area contributed by atoms with Crippen LogP contribution in [0.3, 0.4) is 0 Å². The van der Waals surface area contributed by atoms with Gasteiger partial charge in [0.05, 0.1) is 11.4 Å². The molecule has 0 unspecified atom stereocenters. The number of aromatic nitrogens is 1.